The molecule has 1 aliphatic heterocycles. The highest BCUT2D eigenvalue weighted by Gasteiger charge is 2.30. The monoisotopic (exact) mass is 251 g/mol. The van der Waals surface area contributed by atoms with Crippen LogP contribution in [0.4, 0.5) is 0 Å². The van der Waals surface area contributed by atoms with Crippen LogP contribution in [0, 0.1) is 0 Å². The van der Waals surface area contributed by atoms with Crippen LogP contribution in [0.5, 0.6) is 11.5 Å². The van der Waals surface area contributed by atoms with Crippen LogP contribution in [0.1, 0.15) is 38.3 Å². The molecule has 4 nitrogen and oxygen atoms in total. The lowest BCUT2D eigenvalue weighted by Gasteiger charge is -2.26. The summed E-state index contributed by atoms with van der Waals surface area (Å²) in [5.41, 5.74) is 0.410. The third kappa shape index (κ3) is 2.76. The van der Waals surface area contributed by atoms with Gasteiger partial charge in [0.1, 0.15) is 11.5 Å². The van der Waals surface area contributed by atoms with Gasteiger partial charge in [-0.1, -0.05) is 6.07 Å². The zero-order chi connectivity index (χ0) is 13.2. The minimum atomic E-state index is -0.131. The van der Waals surface area contributed by atoms with E-state index in [4.69, 9.17) is 4.74 Å². The van der Waals surface area contributed by atoms with E-state index >= 15 is 0 Å². The van der Waals surface area contributed by atoms with Crippen molar-refractivity contribution in [3.05, 3.63) is 23.8 Å². The van der Waals surface area contributed by atoms with Gasteiger partial charge in [0.05, 0.1) is 11.2 Å². The SMILES string of the molecule is CC(NCC1(C)CCCO1)c1c(O)cccc1O. The van der Waals surface area contributed by atoms with Crippen molar-refractivity contribution in [3.63, 3.8) is 0 Å². The Kier molecular flexibility index (Phi) is 3.78. The fraction of sp³-hybridized carbons (Fsp3) is 0.571. The Labute approximate surface area is 108 Å². The predicted molar refractivity (Wildman–Crippen MR) is 69.8 cm³/mol. The molecular formula is C14H21NO3. The lowest BCUT2D eigenvalue weighted by atomic mass is 10.0. The summed E-state index contributed by atoms with van der Waals surface area (Å²) in [6.07, 6.45) is 2.13. The van der Waals surface area contributed by atoms with Gasteiger partial charge in [0.25, 0.3) is 0 Å². The summed E-state index contributed by atoms with van der Waals surface area (Å²) in [6, 6.07) is 4.68. The number of hydrogen-bond acceptors (Lipinski definition) is 4. The summed E-state index contributed by atoms with van der Waals surface area (Å²) in [5, 5.41) is 22.9. The van der Waals surface area contributed by atoms with Crippen LogP contribution in [-0.4, -0.2) is 29.0 Å². The highest BCUT2D eigenvalue weighted by molar-refractivity contribution is 5.44. The van der Waals surface area contributed by atoms with E-state index in [2.05, 4.69) is 12.2 Å². The van der Waals surface area contributed by atoms with E-state index < -0.39 is 0 Å². The Morgan fingerprint density at radius 2 is 2.06 bits per heavy atom. The lowest BCUT2D eigenvalue weighted by molar-refractivity contribution is 0.0190. The van der Waals surface area contributed by atoms with Crippen LogP contribution in [0.3, 0.4) is 0 Å². The van der Waals surface area contributed by atoms with Crippen molar-refractivity contribution in [1.82, 2.24) is 5.32 Å². The number of ether oxygens (including phenoxy) is 1. The van der Waals surface area contributed by atoms with E-state index in [1.54, 1.807) is 18.2 Å². The molecule has 0 aromatic heterocycles. The van der Waals surface area contributed by atoms with E-state index in [9.17, 15) is 10.2 Å². The molecule has 4 heteroatoms. The second kappa shape index (κ2) is 5.16. The summed E-state index contributed by atoms with van der Waals surface area (Å²) in [6.45, 7) is 5.54. The Hall–Kier alpha value is -1.26. The van der Waals surface area contributed by atoms with Crippen LogP contribution in [0.15, 0.2) is 18.2 Å². The fourth-order valence-corrected chi connectivity index (χ4v) is 2.43. The van der Waals surface area contributed by atoms with Gasteiger partial charge in [0.2, 0.25) is 0 Å². The summed E-state index contributed by atoms with van der Waals surface area (Å²) in [4.78, 5) is 0. The van der Waals surface area contributed by atoms with Crippen LogP contribution >= 0.6 is 0 Å². The molecule has 0 amide bonds. The average molecular weight is 251 g/mol. The maximum atomic E-state index is 9.79. The number of rotatable bonds is 4. The van der Waals surface area contributed by atoms with Gasteiger partial charge < -0.3 is 20.3 Å². The van der Waals surface area contributed by atoms with Gasteiger partial charge in [-0.15, -0.1) is 0 Å². The maximum Gasteiger partial charge on any atom is 0.124 e. The van der Waals surface area contributed by atoms with E-state index in [0.29, 0.717) is 12.1 Å². The third-order valence-electron chi connectivity index (χ3n) is 3.58. The Morgan fingerprint density at radius 1 is 1.39 bits per heavy atom. The molecule has 0 spiro atoms. The first-order valence-electron chi connectivity index (χ1n) is 6.40. The van der Waals surface area contributed by atoms with E-state index in [-0.39, 0.29) is 23.1 Å². The largest absolute Gasteiger partial charge is 0.507 e. The number of nitrogens with one attached hydrogen (secondary N) is 1. The zero-order valence-electron chi connectivity index (χ0n) is 10.9. The number of phenols is 2. The molecule has 1 saturated heterocycles. The van der Waals surface area contributed by atoms with E-state index in [0.717, 1.165) is 19.4 Å². The van der Waals surface area contributed by atoms with Crippen LogP contribution in [0.2, 0.25) is 0 Å². The van der Waals surface area contributed by atoms with E-state index in [1.807, 2.05) is 6.92 Å². The van der Waals surface area contributed by atoms with Crippen LogP contribution in [-0.2, 0) is 4.74 Å². The number of benzene rings is 1. The van der Waals surface area contributed by atoms with Crippen molar-refractivity contribution in [1.29, 1.82) is 0 Å². The van der Waals surface area contributed by atoms with Gasteiger partial charge in [-0.05, 0) is 38.8 Å². The first-order chi connectivity index (χ1) is 8.52. The third-order valence-corrected chi connectivity index (χ3v) is 3.58. The smallest absolute Gasteiger partial charge is 0.124 e. The molecule has 18 heavy (non-hydrogen) atoms. The molecule has 1 fully saturated rings. The quantitative estimate of drug-likeness (QED) is 0.768. The first-order valence-corrected chi connectivity index (χ1v) is 6.40. The number of hydrogen-bond donors (Lipinski definition) is 3. The second-order valence-electron chi connectivity index (χ2n) is 5.21. The molecular weight excluding hydrogens is 230 g/mol. The van der Waals surface area contributed by atoms with Gasteiger partial charge >= 0.3 is 0 Å². The molecule has 1 heterocycles. The molecule has 2 atom stereocenters. The number of aromatic hydroxyl groups is 2. The van der Waals surface area contributed by atoms with Crippen molar-refractivity contribution in [2.45, 2.75) is 38.3 Å². The minimum Gasteiger partial charge on any atom is -0.507 e. The molecule has 3 N–H and O–H groups in total. The Balaban J connectivity index is 2.01. The zero-order valence-corrected chi connectivity index (χ0v) is 10.9. The van der Waals surface area contributed by atoms with Gasteiger partial charge in [-0.3, -0.25) is 0 Å². The molecule has 0 saturated carbocycles. The van der Waals surface area contributed by atoms with Crippen molar-refractivity contribution in [2.75, 3.05) is 13.2 Å². The van der Waals surface area contributed by atoms with Crippen molar-refractivity contribution in [2.24, 2.45) is 0 Å². The molecule has 0 radical (unpaired) electrons. The van der Waals surface area contributed by atoms with Crippen LogP contribution < -0.4 is 5.32 Å². The molecule has 1 aromatic carbocycles. The molecule has 2 unspecified atom stereocenters. The molecule has 100 valence electrons. The molecule has 1 aromatic rings. The van der Waals surface area contributed by atoms with Crippen molar-refractivity contribution >= 4 is 0 Å². The highest BCUT2D eigenvalue weighted by atomic mass is 16.5. The fourth-order valence-electron chi connectivity index (χ4n) is 2.43. The predicted octanol–water partition coefficient (Wildman–Crippen LogP) is 2.32. The van der Waals surface area contributed by atoms with Crippen molar-refractivity contribution < 1.29 is 14.9 Å². The molecule has 2 rings (SSSR count). The molecule has 0 aliphatic carbocycles. The van der Waals surface area contributed by atoms with Gasteiger partial charge in [-0.25, -0.2) is 0 Å². The second-order valence-corrected chi connectivity index (χ2v) is 5.21. The summed E-state index contributed by atoms with van der Waals surface area (Å²) >= 11 is 0. The van der Waals surface area contributed by atoms with Gasteiger partial charge in [0.15, 0.2) is 0 Å². The average Bonchev–Trinajstić information content (AvgIpc) is 2.74. The minimum absolute atomic E-state index is 0.118. The Morgan fingerprint density at radius 3 is 2.61 bits per heavy atom. The first kappa shape index (κ1) is 13.2. The summed E-state index contributed by atoms with van der Waals surface area (Å²) in [5.74, 6) is 0.236. The normalized spacial score (nSPS) is 25.2. The topological polar surface area (TPSA) is 61.7 Å². The maximum absolute atomic E-state index is 9.79. The Bertz CT molecular complexity index is 393. The van der Waals surface area contributed by atoms with Crippen LogP contribution in [0.25, 0.3) is 0 Å². The van der Waals surface area contributed by atoms with Gasteiger partial charge in [-0.2, -0.15) is 0 Å². The lowest BCUT2D eigenvalue weighted by Crippen LogP contribution is -2.38. The van der Waals surface area contributed by atoms with Crippen molar-refractivity contribution in [3.8, 4) is 11.5 Å². The van der Waals surface area contributed by atoms with E-state index in [1.165, 1.54) is 0 Å². The summed E-state index contributed by atoms with van der Waals surface area (Å²) in [7, 11) is 0. The van der Waals surface area contributed by atoms with Gasteiger partial charge in [0, 0.05) is 19.2 Å². The standard InChI is InChI=1S/C14H21NO3/c1-10(13-11(16)5-3-6-12(13)17)15-9-14(2)7-4-8-18-14/h3,5-6,10,15-17H,4,7-9H2,1-2H3. The summed E-state index contributed by atoms with van der Waals surface area (Å²) < 4.78 is 5.70. The molecule has 0 bridgehead atoms. The molecule has 1 aliphatic rings. The highest BCUT2D eigenvalue weighted by Crippen LogP contribution is 2.33. The number of phenolic OH excluding ortho intramolecular Hbond substituents is 2.